The lowest BCUT2D eigenvalue weighted by molar-refractivity contribution is 0.777. The van der Waals surface area contributed by atoms with Gasteiger partial charge in [-0.15, -0.1) is 0 Å². The monoisotopic (exact) mass is 327 g/mol. The highest BCUT2D eigenvalue weighted by molar-refractivity contribution is 5.92. The fraction of sp³-hybridized carbons (Fsp3) is 0.150. The molecule has 0 aliphatic rings. The molecule has 0 spiro atoms. The Hall–Kier alpha value is -3.39. The Labute approximate surface area is 145 Å². The summed E-state index contributed by atoms with van der Waals surface area (Å²) in [5.41, 5.74) is 4.34. The number of nitrogens with zero attached hydrogens (tertiary/aromatic N) is 5. The fourth-order valence-corrected chi connectivity index (χ4v) is 3.16. The largest absolute Gasteiger partial charge is 0.366 e. The molecule has 122 valence electrons. The van der Waals surface area contributed by atoms with Crippen molar-refractivity contribution >= 4 is 27.6 Å². The lowest BCUT2D eigenvalue weighted by Crippen LogP contribution is -2.19. The number of imidazole rings is 1. The molecule has 0 fully saturated rings. The Morgan fingerprint density at radius 3 is 2.52 bits per heavy atom. The Balaban J connectivity index is 1.78. The van der Waals surface area contributed by atoms with Gasteiger partial charge in [0.15, 0.2) is 0 Å². The van der Waals surface area contributed by atoms with Crippen LogP contribution in [0.5, 0.6) is 0 Å². The number of hydrogen-bond donors (Lipinski definition) is 0. The number of anilines is 1. The first kappa shape index (κ1) is 15.2. The van der Waals surface area contributed by atoms with Crippen LogP contribution in [0.2, 0.25) is 0 Å². The molecule has 0 bridgehead atoms. The molecule has 2 aromatic carbocycles. The molecule has 0 radical (unpaired) electrons. The molecule has 5 nitrogen and oxygen atoms in total. The number of para-hydroxylation sites is 3. The minimum atomic E-state index is 0.422. The van der Waals surface area contributed by atoms with Crippen molar-refractivity contribution in [3.8, 4) is 6.07 Å². The van der Waals surface area contributed by atoms with E-state index >= 15 is 0 Å². The van der Waals surface area contributed by atoms with Crippen LogP contribution in [0, 0.1) is 11.3 Å². The minimum absolute atomic E-state index is 0.422. The van der Waals surface area contributed by atoms with Gasteiger partial charge in [0, 0.05) is 25.2 Å². The highest BCUT2D eigenvalue weighted by Crippen LogP contribution is 2.27. The van der Waals surface area contributed by atoms with E-state index in [0.29, 0.717) is 12.2 Å². The van der Waals surface area contributed by atoms with E-state index in [0.717, 1.165) is 33.4 Å². The summed E-state index contributed by atoms with van der Waals surface area (Å²) in [5.74, 6) is 0.975. The summed E-state index contributed by atoms with van der Waals surface area (Å²) in [4.78, 5) is 11.2. The number of rotatable bonds is 3. The molecule has 5 heteroatoms. The zero-order chi connectivity index (χ0) is 17.4. The Morgan fingerprint density at radius 1 is 1.04 bits per heavy atom. The summed E-state index contributed by atoms with van der Waals surface area (Å²) in [6.45, 7) is 0.643. The predicted molar refractivity (Wildman–Crippen MR) is 99.3 cm³/mol. The van der Waals surface area contributed by atoms with Crippen molar-refractivity contribution in [3.05, 3.63) is 66.1 Å². The third-order valence-corrected chi connectivity index (χ3v) is 4.48. The molecule has 0 unspecified atom stereocenters. The van der Waals surface area contributed by atoms with Crippen LogP contribution in [0.1, 0.15) is 11.5 Å². The van der Waals surface area contributed by atoms with Gasteiger partial charge in [-0.2, -0.15) is 5.26 Å². The predicted octanol–water partition coefficient (Wildman–Crippen LogP) is 3.63. The van der Waals surface area contributed by atoms with Crippen molar-refractivity contribution in [2.45, 2.75) is 6.54 Å². The molecule has 4 rings (SSSR count). The summed E-state index contributed by atoms with van der Waals surface area (Å²) in [6, 6.07) is 20.0. The second-order valence-electron chi connectivity index (χ2n) is 6.09. The van der Waals surface area contributed by atoms with Crippen molar-refractivity contribution in [1.82, 2.24) is 14.5 Å². The second kappa shape index (κ2) is 5.91. The molecule has 0 saturated carbocycles. The number of hydrogen-bond acceptors (Lipinski definition) is 4. The van der Waals surface area contributed by atoms with Crippen LogP contribution < -0.4 is 4.90 Å². The highest BCUT2D eigenvalue weighted by atomic mass is 15.2. The van der Waals surface area contributed by atoms with Gasteiger partial charge >= 0.3 is 0 Å². The van der Waals surface area contributed by atoms with Crippen LogP contribution in [0.15, 0.2) is 54.6 Å². The summed E-state index contributed by atoms with van der Waals surface area (Å²) < 4.78 is 2.11. The average Bonchev–Trinajstić information content (AvgIpc) is 2.96. The van der Waals surface area contributed by atoms with E-state index in [1.54, 1.807) is 0 Å². The quantitative estimate of drug-likeness (QED) is 0.576. The topological polar surface area (TPSA) is 57.7 Å². The zero-order valence-electron chi connectivity index (χ0n) is 14.1. The van der Waals surface area contributed by atoms with E-state index < -0.39 is 0 Å². The van der Waals surface area contributed by atoms with E-state index in [1.165, 1.54) is 0 Å². The molecule has 2 heterocycles. The standard InChI is InChI=1S/C20H17N5/c1-24(13-20-23-17-9-5-6-10-18(17)25(20)2)19-11-14(12-21)22-16-8-4-3-7-15(16)19/h3-11H,13H2,1-2H3. The maximum absolute atomic E-state index is 9.28. The van der Waals surface area contributed by atoms with Gasteiger partial charge in [0.05, 0.1) is 23.1 Å². The molecule has 0 amide bonds. The normalized spacial score (nSPS) is 10.9. The molecule has 4 aromatic rings. The van der Waals surface area contributed by atoms with Gasteiger partial charge in [0.25, 0.3) is 0 Å². The van der Waals surface area contributed by atoms with Crippen LogP contribution in [-0.4, -0.2) is 21.6 Å². The maximum atomic E-state index is 9.28. The SMILES string of the molecule is CN(Cc1nc2ccccc2n1C)c1cc(C#N)nc2ccccc12. The van der Waals surface area contributed by atoms with E-state index in [4.69, 9.17) is 4.98 Å². The van der Waals surface area contributed by atoms with Gasteiger partial charge in [-0.05, 0) is 24.3 Å². The first-order valence-electron chi connectivity index (χ1n) is 8.09. The number of benzene rings is 2. The van der Waals surface area contributed by atoms with Gasteiger partial charge in [-0.1, -0.05) is 30.3 Å². The van der Waals surface area contributed by atoms with Gasteiger partial charge in [-0.25, -0.2) is 9.97 Å². The third-order valence-electron chi connectivity index (χ3n) is 4.48. The summed E-state index contributed by atoms with van der Waals surface area (Å²) in [6.07, 6.45) is 0. The van der Waals surface area contributed by atoms with Gasteiger partial charge in [0.1, 0.15) is 17.6 Å². The number of nitriles is 1. The first-order valence-corrected chi connectivity index (χ1v) is 8.09. The van der Waals surface area contributed by atoms with Crippen molar-refractivity contribution < 1.29 is 0 Å². The molecule has 2 aromatic heterocycles. The van der Waals surface area contributed by atoms with Gasteiger partial charge in [0.2, 0.25) is 0 Å². The Bertz CT molecular complexity index is 1120. The number of fused-ring (bicyclic) bond motifs is 2. The van der Waals surface area contributed by atoms with Crippen LogP contribution in [0.3, 0.4) is 0 Å². The minimum Gasteiger partial charge on any atom is -0.366 e. The van der Waals surface area contributed by atoms with E-state index in [1.807, 2.05) is 62.6 Å². The summed E-state index contributed by atoms with van der Waals surface area (Å²) in [7, 11) is 4.05. The number of aryl methyl sites for hydroxylation is 1. The first-order chi connectivity index (χ1) is 12.2. The fourth-order valence-electron chi connectivity index (χ4n) is 3.16. The van der Waals surface area contributed by atoms with Crippen molar-refractivity contribution in [3.63, 3.8) is 0 Å². The lowest BCUT2D eigenvalue weighted by Gasteiger charge is -2.21. The van der Waals surface area contributed by atoms with E-state index in [-0.39, 0.29) is 0 Å². The van der Waals surface area contributed by atoms with E-state index in [2.05, 4.69) is 26.6 Å². The van der Waals surface area contributed by atoms with Crippen LogP contribution >= 0.6 is 0 Å². The zero-order valence-corrected chi connectivity index (χ0v) is 14.1. The smallest absolute Gasteiger partial charge is 0.143 e. The average molecular weight is 327 g/mol. The number of pyridine rings is 1. The number of aromatic nitrogens is 3. The molecule has 0 aliphatic heterocycles. The molecule has 0 N–H and O–H groups in total. The molecular weight excluding hydrogens is 310 g/mol. The van der Waals surface area contributed by atoms with Crippen LogP contribution in [-0.2, 0) is 13.6 Å². The molecule has 25 heavy (non-hydrogen) atoms. The lowest BCUT2D eigenvalue weighted by atomic mass is 10.1. The van der Waals surface area contributed by atoms with Crippen molar-refractivity contribution in [2.75, 3.05) is 11.9 Å². The highest BCUT2D eigenvalue weighted by Gasteiger charge is 2.13. The molecular formula is C20H17N5. The molecule has 0 saturated heterocycles. The van der Waals surface area contributed by atoms with Crippen molar-refractivity contribution in [1.29, 1.82) is 5.26 Å². The van der Waals surface area contributed by atoms with Crippen molar-refractivity contribution in [2.24, 2.45) is 7.05 Å². The van der Waals surface area contributed by atoms with Gasteiger partial charge < -0.3 is 9.47 Å². The van der Waals surface area contributed by atoms with E-state index in [9.17, 15) is 5.26 Å². The molecule has 0 aliphatic carbocycles. The maximum Gasteiger partial charge on any atom is 0.143 e. The Kier molecular flexibility index (Phi) is 3.58. The second-order valence-corrected chi connectivity index (χ2v) is 6.09. The Morgan fingerprint density at radius 2 is 1.76 bits per heavy atom. The summed E-state index contributed by atoms with van der Waals surface area (Å²) >= 11 is 0. The van der Waals surface area contributed by atoms with Gasteiger partial charge in [-0.3, -0.25) is 0 Å². The molecule has 0 atom stereocenters. The van der Waals surface area contributed by atoms with Crippen LogP contribution in [0.4, 0.5) is 5.69 Å². The van der Waals surface area contributed by atoms with Crippen LogP contribution in [0.25, 0.3) is 21.9 Å². The third kappa shape index (κ3) is 2.58. The summed E-state index contributed by atoms with van der Waals surface area (Å²) in [5, 5.41) is 10.3.